The molecule has 0 saturated heterocycles. The van der Waals surface area contributed by atoms with Crippen LogP contribution in [0, 0.1) is 6.92 Å². The van der Waals surface area contributed by atoms with E-state index in [9.17, 15) is 0 Å². The molecule has 0 unspecified atom stereocenters. The van der Waals surface area contributed by atoms with Crippen molar-refractivity contribution in [1.82, 2.24) is 24.8 Å². The molecule has 0 aliphatic carbocycles. The number of rotatable bonds is 2. The molecule has 1 N–H and O–H groups in total. The van der Waals surface area contributed by atoms with E-state index >= 15 is 0 Å². The Morgan fingerprint density at radius 2 is 1.90 bits per heavy atom. The van der Waals surface area contributed by atoms with Crippen LogP contribution in [0.15, 0.2) is 54.9 Å². The molecule has 3 aromatic heterocycles. The molecule has 0 radical (unpaired) electrons. The summed E-state index contributed by atoms with van der Waals surface area (Å²) in [6.45, 7) is 1.94. The van der Waals surface area contributed by atoms with Crippen LogP contribution in [0.25, 0.3) is 28.2 Å². The van der Waals surface area contributed by atoms with E-state index in [1.807, 2.05) is 54.0 Å². The van der Waals surface area contributed by atoms with Crippen molar-refractivity contribution in [2.24, 2.45) is 0 Å². The third-order valence-corrected chi connectivity index (χ3v) is 3.52. The van der Waals surface area contributed by atoms with E-state index < -0.39 is 0 Å². The van der Waals surface area contributed by atoms with Crippen LogP contribution in [0.5, 0.6) is 0 Å². The van der Waals surface area contributed by atoms with Gasteiger partial charge in [0.25, 0.3) is 0 Å². The van der Waals surface area contributed by atoms with Crippen LogP contribution in [0.2, 0.25) is 0 Å². The number of H-pyrrole nitrogens is 1. The smallest absolute Gasteiger partial charge is 0.137 e. The molecule has 4 rings (SSSR count). The normalized spacial score (nSPS) is 11.1. The molecule has 0 bridgehead atoms. The van der Waals surface area contributed by atoms with E-state index in [0.29, 0.717) is 0 Å². The molecule has 5 heteroatoms. The Balaban J connectivity index is 1.84. The second kappa shape index (κ2) is 4.56. The summed E-state index contributed by atoms with van der Waals surface area (Å²) in [5, 5.41) is 10.9. The molecule has 21 heavy (non-hydrogen) atoms. The molecular weight excluding hydrogens is 262 g/mol. The van der Waals surface area contributed by atoms with Gasteiger partial charge in [-0.2, -0.15) is 15.4 Å². The Labute approximate surface area is 121 Å². The van der Waals surface area contributed by atoms with E-state index in [1.54, 1.807) is 0 Å². The first-order chi connectivity index (χ1) is 10.3. The highest BCUT2D eigenvalue weighted by atomic mass is 15.3. The van der Waals surface area contributed by atoms with Crippen LogP contribution in [-0.4, -0.2) is 24.8 Å². The first kappa shape index (κ1) is 11.8. The Kier molecular flexibility index (Phi) is 2.57. The standard InChI is InChI=1S/C16H13N5/c1-11-16(19-20-18-11)13-6-4-5-12(9-13)14-10-21-8-3-2-7-15(21)17-14/h2-10H,1H3,(H,18,19,20). The van der Waals surface area contributed by atoms with Crippen molar-refractivity contribution in [1.29, 1.82) is 0 Å². The topological polar surface area (TPSA) is 58.9 Å². The molecule has 0 aliphatic rings. The molecule has 0 aliphatic heterocycles. The zero-order chi connectivity index (χ0) is 14.2. The average molecular weight is 275 g/mol. The highest BCUT2D eigenvalue weighted by molar-refractivity contribution is 5.71. The maximum atomic E-state index is 4.65. The Morgan fingerprint density at radius 1 is 1.00 bits per heavy atom. The van der Waals surface area contributed by atoms with Crippen LogP contribution in [0.3, 0.4) is 0 Å². The number of aromatic amines is 1. The summed E-state index contributed by atoms with van der Waals surface area (Å²) in [5.74, 6) is 0. The number of aromatic nitrogens is 5. The predicted octanol–water partition coefficient (Wildman–Crippen LogP) is 3.09. The van der Waals surface area contributed by atoms with Gasteiger partial charge in [-0.05, 0) is 25.1 Å². The van der Waals surface area contributed by atoms with Gasteiger partial charge in [0.15, 0.2) is 0 Å². The average Bonchev–Trinajstić information content (AvgIpc) is 3.13. The van der Waals surface area contributed by atoms with E-state index in [1.165, 1.54) is 0 Å². The van der Waals surface area contributed by atoms with Crippen molar-refractivity contribution in [3.05, 3.63) is 60.6 Å². The van der Waals surface area contributed by atoms with Gasteiger partial charge in [-0.3, -0.25) is 0 Å². The lowest BCUT2D eigenvalue weighted by atomic mass is 10.1. The van der Waals surface area contributed by atoms with Crippen LogP contribution >= 0.6 is 0 Å². The first-order valence-electron chi connectivity index (χ1n) is 6.73. The molecule has 0 spiro atoms. The number of nitrogens with one attached hydrogen (secondary N) is 1. The van der Waals surface area contributed by atoms with Gasteiger partial charge >= 0.3 is 0 Å². The summed E-state index contributed by atoms with van der Waals surface area (Å²) >= 11 is 0. The second-order valence-electron chi connectivity index (χ2n) is 4.93. The highest BCUT2D eigenvalue weighted by Crippen LogP contribution is 2.25. The lowest BCUT2D eigenvalue weighted by Crippen LogP contribution is -1.84. The molecule has 0 saturated carbocycles. The number of imidazole rings is 1. The fraction of sp³-hybridized carbons (Fsp3) is 0.0625. The van der Waals surface area contributed by atoms with Crippen molar-refractivity contribution < 1.29 is 0 Å². The number of hydrogen-bond donors (Lipinski definition) is 1. The number of benzene rings is 1. The van der Waals surface area contributed by atoms with Crippen molar-refractivity contribution in [2.75, 3.05) is 0 Å². The van der Waals surface area contributed by atoms with Crippen LogP contribution < -0.4 is 0 Å². The lowest BCUT2D eigenvalue weighted by Gasteiger charge is -2.01. The molecular formula is C16H13N5. The van der Waals surface area contributed by atoms with Gasteiger partial charge in [0.05, 0.1) is 11.4 Å². The Bertz CT molecular complexity index is 886. The summed E-state index contributed by atoms with van der Waals surface area (Å²) in [4.78, 5) is 4.65. The van der Waals surface area contributed by atoms with Crippen LogP contribution in [0.4, 0.5) is 0 Å². The first-order valence-corrected chi connectivity index (χ1v) is 6.73. The van der Waals surface area contributed by atoms with Crippen molar-refractivity contribution >= 4 is 5.65 Å². The monoisotopic (exact) mass is 275 g/mol. The number of nitrogens with zero attached hydrogens (tertiary/aromatic N) is 4. The van der Waals surface area contributed by atoms with Gasteiger partial charge in [0, 0.05) is 23.5 Å². The van der Waals surface area contributed by atoms with Crippen LogP contribution in [-0.2, 0) is 0 Å². The molecule has 0 amide bonds. The van der Waals surface area contributed by atoms with E-state index in [2.05, 4.69) is 32.5 Å². The minimum absolute atomic E-state index is 0.876. The van der Waals surface area contributed by atoms with Gasteiger partial charge < -0.3 is 4.40 Å². The number of pyridine rings is 1. The van der Waals surface area contributed by atoms with Gasteiger partial charge in [-0.1, -0.05) is 24.3 Å². The predicted molar refractivity (Wildman–Crippen MR) is 80.7 cm³/mol. The van der Waals surface area contributed by atoms with Gasteiger partial charge in [0.2, 0.25) is 0 Å². The summed E-state index contributed by atoms with van der Waals surface area (Å²) in [7, 11) is 0. The molecule has 4 aromatic rings. The molecule has 102 valence electrons. The number of fused-ring (bicyclic) bond motifs is 1. The fourth-order valence-electron chi connectivity index (χ4n) is 2.46. The molecule has 3 heterocycles. The summed E-state index contributed by atoms with van der Waals surface area (Å²) < 4.78 is 2.02. The van der Waals surface area contributed by atoms with Crippen LogP contribution in [0.1, 0.15) is 5.69 Å². The number of aryl methyl sites for hydroxylation is 1. The van der Waals surface area contributed by atoms with E-state index in [0.717, 1.165) is 33.9 Å². The fourth-order valence-corrected chi connectivity index (χ4v) is 2.46. The molecule has 0 fully saturated rings. The van der Waals surface area contributed by atoms with Crippen molar-refractivity contribution in [2.45, 2.75) is 6.92 Å². The quantitative estimate of drug-likeness (QED) is 0.611. The highest BCUT2D eigenvalue weighted by Gasteiger charge is 2.09. The van der Waals surface area contributed by atoms with Gasteiger partial charge in [-0.25, -0.2) is 4.98 Å². The Hall–Kier alpha value is -2.95. The zero-order valence-electron chi connectivity index (χ0n) is 11.5. The summed E-state index contributed by atoms with van der Waals surface area (Å²) in [5.41, 5.74) is 5.76. The number of hydrogen-bond acceptors (Lipinski definition) is 3. The lowest BCUT2D eigenvalue weighted by molar-refractivity contribution is 0.929. The SMILES string of the molecule is Cc1n[nH]nc1-c1cccc(-c2cn3ccccc3n2)c1. The minimum atomic E-state index is 0.876. The van der Waals surface area contributed by atoms with Gasteiger partial charge in [-0.15, -0.1) is 0 Å². The van der Waals surface area contributed by atoms with Crippen molar-refractivity contribution in [3.63, 3.8) is 0 Å². The molecule has 1 aromatic carbocycles. The van der Waals surface area contributed by atoms with Crippen molar-refractivity contribution in [3.8, 4) is 22.5 Å². The Morgan fingerprint density at radius 3 is 2.71 bits per heavy atom. The second-order valence-corrected chi connectivity index (χ2v) is 4.93. The maximum absolute atomic E-state index is 4.65. The maximum Gasteiger partial charge on any atom is 0.137 e. The zero-order valence-corrected chi connectivity index (χ0v) is 11.5. The molecule has 5 nitrogen and oxygen atoms in total. The third kappa shape index (κ3) is 1.99. The van der Waals surface area contributed by atoms with Gasteiger partial charge in [0.1, 0.15) is 11.3 Å². The third-order valence-electron chi connectivity index (χ3n) is 3.52. The largest absolute Gasteiger partial charge is 0.306 e. The molecule has 0 atom stereocenters. The summed E-state index contributed by atoms with van der Waals surface area (Å²) in [6.07, 6.45) is 4.03. The van der Waals surface area contributed by atoms with E-state index in [-0.39, 0.29) is 0 Å². The minimum Gasteiger partial charge on any atom is -0.306 e. The van der Waals surface area contributed by atoms with E-state index in [4.69, 9.17) is 0 Å². The summed E-state index contributed by atoms with van der Waals surface area (Å²) in [6, 6.07) is 14.2.